The van der Waals surface area contributed by atoms with Crippen LogP contribution in [0.3, 0.4) is 0 Å². The molecule has 0 fully saturated rings. The first kappa shape index (κ1) is 17.1. The maximum absolute atomic E-state index is 12.1. The van der Waals surface area contributed by atoms with Crippen molar-refractivity contribution in [3.63, 3.8) is 0 Å². The van der Waals surface area contributed by atoms with Gasteiger partial charge in [-0.25, -0.2) is 0 Å². The molecule has 0 aliphatic heterocycles. The number of amides is 1. The zero-order chi connectivity index (χ0) is 16.0. The number of nitrogens with one attached hydrogen (secondary N) is 1. The first-order chi connectivity index (χ1) is 9.85. The molecule has 0 heterocycles. The maximum atomic E-state index is 12.1. The Hall–Kier alpha value is -1.91. The molecule has 0 saturated carbocycles. The van der Waals surface area contributed by atoms with Crippen molar-refractivity contribution in [3.8, 4) is 5.75 Å². The second kappa shape index (κ2) is 7.76. The van der Waals surface area contributed by atoms with E-state index in [1.54, 1.807) is 13.0 Å². The normalized spacial score (nSPS) is 13.4. The van der Waals surface area contributed by atoms with Gasteiger partial charge < -0.3 is 20.7 Å². The Bertz CT molecular complexity index is 475. The van der Waals surface area contributed by atoms with Crippen LogP contribution in [0.1, 0.15) is 33.6 Å². The van der Waals surface area contributed by atoms with Gasteiger partial charge in [-0.2, -0.15) is 0 Å². The van der Waals surface area contributed by atoms with Crippen molar-refractivity contribution >= 4 is 17.3 Å². The summed E-state index contributed by atoms with van der Waals surface area (Å²) in [7, 11) is 3.88. The fraction of sp³-hybridized carbons (Fsp3) is 0.562. The van der Waals surface area contributed by atoms with Crippen molar-refractivity contribution in [1.82, 2.24) is 5.32 Å². The Balaban J connectivity index is 2.71. The zero-order valence-corrected chi connectivity index (χ0v) is 13.6. The highest BCUT2D eigenvalue weighted by molar-refractivity contribution is 5.81. The van der Waals surface area contributed by atoms with E-state index in [9.17, 15) is 4.79 Å². The number of nitrogen functional groups attached to an aromatic ring is 1. The summed E-state index contributed by atoms with van der Waals surface area (Å²) in [5.74, 6) is 0.414. The third-order valence-electron chi connectivity index (χ3n) is 3.30. The standard InChI is InChI=1S/C16H27N3O2/c1-6-7-11(2)18-16(20)12(3)21-15-10-13(19(4)5)8-9-14(15)17/h8-12H,6-7,17H2,1-5H3,(H,18,20). The maximum Gasteiger partial charge on any atom is 0.260 e. The molecule has 5 nitrogen and oxygen atoms in total. The lowest BCUT2D eigenvalue weighted by atomic mass is 10.2. The molecular weight excluding hydrogens is 266 g/mol. The molecule has 1 rings (SSSR count). The molecule has 0 aromatic heterocycles. The molecule has 1 amide bonds. The second-order valence-electron chi connectivity index (χ2n) is 5.57. The van der Waals surface area contributed by atoms with Gasteiger partial charge in [0.1, 0.15) is 5.75 Å². The molecule has 1 aromatic carbocycles. The number of nitrogens with zero attached hydrogens (tertiary/aromatic N) is 1. The third-order valence-corrected chi connectivity index (χ3v) is 3.30. The molecule has 5 heteroatoms. The summed E-state index contributed by atoms with van der Waals surface area (Å²) in [6, 6.07) is 5.69. The van der Waals surface area contributed by atoms with E-state index < -0.39 is 6.10 Å². The molecule has 0 aliphatic rings. The van der Waals surface area contributed by atoms with Gasteiger partial charge in [0.05, 0.1) is 5.69 Å². The number of hydrogen-bond acceptors (Lipinski definition) is 4. The van der Waals surface area contributed by atoms with E-state index in [2.05, 4.69) is 12.2 Å². The summed E-state index contributed by atoms with van der Waals surface area (Å²) in [6.45, 7) is 5.82. The van der Waals surface area contributed by atoms with Crippen LogP contribution in [0.25, 0.3) is 0 Å². The lowest BCUT2D eigenvalue weighted by Crippen LogP contribution is -2.41. The van der Waals surface area contributed by atoms with Crippen molar-refractivity contribution in [2.45, 2.75) is 45.8 Å². The third kappa shape index (κ3) is 5.17. The van der Waals surface area contributed by atoms with Crippen molar-refractivity contribution in [3.05, 3.63) is 18.2 Å². The van der Waals surface area contributed by atoms with Crippen LogP contribution in [-0.2, 0) is 4.79 Å². The SMILES string of the molecule is CCCC(C)NC(=O)C(C)Oc1cc(N(C)C)ccc1N. The first-order valence-electron chi connectivity index (χ1n) is 7.39. The van der Waals surface area contributed by atoms with Crippen molar-refractivity contribution in [2.75, 3.05) is 24.7 Å². The molecule has 118 valence electrons. The number of carbonyl (C=O) groups is 1. The molecule has 0 saturated heterocycles. The van der Waals surface area contributed by atoms with Crippen molar-refractivity contribution < 1.29 is 9.53 Å². The number of anilines is 2. The molecule has 0 radical (unpaired) electrons. The van der Waals surface area contributed by atoms with E-state index in [1.807, 2.05) is 38.1 Å². The Morgan fingerprint density at radius 3 is 2.62 bits per heavy atom. The minimum Gasteiger partial charge on any atom is -0.479 e. The highest BCUT2D eigenvalue weighted by Gasteiger charge is 2.18. The van der Waals surface area contributed by atoms with Crippen LogP contribution in [-0.4, -0.2) is 32.1 Å². The van der Waals surface area contributed by atoms with Crippen LogP contribution in [0.5, 0.6) is 5.75 Å². The number of hydrogen-bond donors (Lipinski definition) is 2. The fourth-order valence-corrected chi connectivity index (χ4v) is 2.01. The number of rotatable bonds is 7. The molecule has 0 aliphatic carbocycles. The van der Waals surface area contributed by atoms with Crippen LogP contribution in [0.4, 0.5) is 11.4 Å². The van der Waals surface area contributed by atoms with E-state index in [4.69, 9.17) is 10.5 Å². The lowest BCUT2D eigenvalue weighted by Gasteiger charge is -2.20. The van der Waals surface area contributed by atoms with Gasteiger partial charge in [-0.05, 0) is 32.4 Å². The summed E-state index contributed by atoms with van der Waals surface area (Å²) >= 11 is 0. The fourth-order valence-electron chi connectivity index (χ4n) is 2.01. The Kier molecular flexibility index (Phi) is 6.34. The second-order valence-corrected chi connectivity index (χ2v) is 5.57. The average molecular weight is 293 g/mol. The number of carbonyl (C=O) groups excluding carboxylic acids is 1. The van der Waals surface area contributed by atoms with Gasteiger partial charge >= 0.3 is 0 Å². The molecule has 21 heavy (non-hydrogen) atoms. The van der Waals surface area contributed by atoms with Crippen LogP contribution < -0.4 is 20.7 Å². The average Bonchev–Trinajstić information content (AvgIpc) is 2.40. The van der Waals surface area contributed by atoms with Gasteiger partial charge in [0.2, 0.25) is 0 Å². The summed E-state index contributed by atoms with van der Waals surface area (Å²) in [5, 5.41) is 2.94. The quantitative estimate of drug-likeness (QED) is 0.758. The van der Waals surface area contributed by atoms with E-state index >= 15 is 0 Å². The molecule has 0 spiro atoms. The van der Waals surface area contributed by atoms with Crippen LogP contribution >= 0.6 is 0 Å². The predicted octanol–water partition coefficient (Wildman–Crippen LogP) is 2.41. The molecule has 3 N–H and O–H groups in total. The lowest BCUT2D eigenvalue weighted by molar-refractivity contribution is -0.127. The summed E-state index contributed by atoms with van der Waals surface area (Å²) in [4.78, 5) is 14.0. The largest absolute Gasteiger partial charge is 0.479 e. The van der Waals surface area contributed by atoms with E-state index in [0.29, 0.717) is 11.4 Å². The van der Waals surface area contributed by atoms with E-state index in [0.717, 1.165) is 18.5 Å². The Morgan fingerprint density at radius 1 is 1.38 bits per heavy atom. The van der Waals surface area contributed by atoms with Gasteiger partial charge in [0.25, 0.3) is 5.91 Å². The predicted molar refractivity (Wildman–Crippen MR) is 87.8 cm³/mol. The van der Waals surface area contributed by atoms with Crippen LogP contribution in [0.15, 0.2) is 18.2 Å². The van der Waals surface area contributed by atoms with Gasteiger partial charge in [-0.3, -0.25) is 4.79 Å². The number of benzene rings is 1. The van der Waals surface area contributed by atoms with Crippen LogP contribution in [0, 0.1) is 0 Å². The summed E-state index contributed by atoms with van der Waals surface area (Å²) in [6.07, 6.45) is 1.41. The minimum absolute atomic E-state index is 0.120. The molecule has 1 aromatic rings. The summed E-state index contributed by atoms with van der Waals surface area (Å²) in [5.41, 5.74) is 7.42. The highest BCUT2D eigenvalue weighted by atomic mass is 16.5. The number of ether oxygens (including phenoxy) is 1. The molecule has 2 atom stereocenters. The smallest absolute Gasteiger partial charge is 0.260 e. The van der Waals surface area contributed by atoms with Gasteiger partial charge in [0.15, 0.2) is 6.10 Å². The van der Waals surface area contributed by atoms with Gasteiger partial charge in [0, 0.05) is 31.9 Å². The Labute approximate surface area is 127 Å². The zero-order valence-electron chi connectivity index (χ0n) is 13.6. The van der Waals surface area contributed by atoms with Gasteiger partial charge in [-0.1, -0.05) is 13.3 Å². The van der Waals surface area contributed by atoms with Gasteiger partial charge in [-0.15, -0.1) is 0 Å². The highest BCUT2D eigenvalue weighted by Crippen LogP contribution is 2.27. The molecular formula is C16H27N3O2. The monoisotopic (exact) mass is 293 g/mol. The summed E-state index contributed by atoms with van der Waals surface area (Å²) < 4.78 is 5.71. The molecule has 0 bridgehead atoms. The Morgan fingerprint density at radius 2 is 2.05 bits per heavy atom. The first-order valence-corrected chi connectivity index (χ1v) is 7.39. The van der Waals surface area contributed by atoms with E-state index in [1.165, 1.54) is 0 Å². The number of nitrogens with two attached hydrogens (primary N) is 1. The van der Waals surface area contributed by atoms with Crippen molar-refractivity contribution in [2.24, 2.45) is 0 Å². The van der Waals surface area contributed by atoms with E-state index in [-0.39, 0.29) is 11.9 Å². The minimum atomic E-state index is -0.580. The van der Waals surface area contributed by atoms with Crippen LogP contribution in [0.2, 0.25) is 0 Å². The molecule has 2 unspecified atom stereocenters. The van der Waals surface area contributed by atoms with Crippen molar-refractivity contribution in [1.29, 1.82) is 0 Å². The topological polar surface area (TPSA) is 67.6 Å².